The first-order valence-electron chi connectivity index (χ1n) is 7.17. The van der Waals surface area contributed by atoms with Crippen molar-refractivity contribution in [2.45, 2.75) is 6.10 Å². The lowest BCUT2D eigenvalue weighted by Gasteiger charge is -2.12. The van der Waals surface area contributed by atoms with Crippen molar-refractivity contribution in [2.75, 3.05) is 27.4 Å². The van der Waals surface area contributed by atoms with Gasteiger partial charge in [0, 0.05) is 32.1 Å². The minimum absolute atomic E-state index is 0.278. The first kappa shape index (κ1) is 18.6. The van der Waals surface area contributed by atoms with Crippen molar-refractivity contribution < 1.29 is 14.2 Å². The second-order valence-electron chi connectivity index (χ2n) is 5.13. The molecule has 23 heavy (non-hydrogen) atoms. The lowest BCUT2D eigenvalue weighted by Crippen LogP contribution is -2.23. The summed E-state index contributed by atoms with van der Waals surface area (Å²) in [7, 11) is 3.84. The van der Waals surface area contributed by atoms with Gasteiger partial charge in [0.2, 0.25) is 5.88 Å². The van der Waals surface area contributed by atoms with Crippen LogP contribution in [-0.2, 0) is 0 Å². The summed E-state index contributed by atoms with van der Waals surface area (Å²) in [6.45, 7) is 6.69. The van der Waals surface area contributed by atoms with Gasteiger partial charge in [-0.2, -0.15) is 0 Å². The summed E-state index contributed by atoms with van der Waals surface area (Å²) < 4.78 is 17.6. The quantitative estimate of drug-likeness (QED) is 0.711. The van der Waals surface area contributed by atoms with E-state index in [-0.39, 0.29) is 12.5 Å². The van der Waals surface area contributed by atoms with Gasteiger partial charge in [-0.05, 0) is 23.3 Å². The Morgan fingerprint density at radius 1 is 1.35 bits per heavy atom. The molecule has 0 radical (unpaired) electrons. The molecule has 0 aliphatic rings. The summed E-state index contributed by atoms with van der Waals surface area (Å²) in [5.41, 5.74) is 2.57. The van der Waals surface area contributed by atoms with Crippen molar-refractivity contribution in [3.05, 3.63) is 66.5 Å². The third kappa shape index (κ3) is 6.93. The van der Waals surface area contributed by atoms with Crippen LogP contribution in [0.1, 0.15) is 5.56 Å². The standard InChI is InChI=1S/C18H23FN2O2/c1-14(5-7-15(2)21(3)4)6-8-16-9-10-18(20-12-16)23-17(11-19)13-22/h5-10,12,17,22H,1-2,11,13H2,3-4H3/b7-5-,8-6+. The van der Waals surface area contributed by atoms with Gasteiger partial charge in [0.1, 0.15) is 6.67 Å². The minimum Gasteiger partial charge on any atom is -0.469 e. The predicted molar refractivity (Wildman–Crippen MR) is 91.9 cm³/mol. The maximum atomic E-state index is 12.5. The van der Waals surface area contributed by atoms with Crippen molar-refractivity contribution in [1.82, 2.24) is 9.88 Å². The number of ether oxygens (including phenoxy) is 1. The number of aliphatic hydroxyl groups is 1. The van der Waals surface area contributed by atoms with Crippen LogP contribution in [0.15, 0.2) is 61.0 Å². The van der Waals surface area contributed by atoms with E-state index in [1.807, 2.05) is 43.3 Å². The zero-order valence-corrected chi connectivity index (χ0v) is 13.6. The molecule has 5 heteroatoms. The van der Waals surface area contributed by atoms with Crippen molar-refractivity contribution in [3.63, 3.8) is 0 Å². The van der Waals surface area contributed by atoms with Gasteiger partial charge in [-0.3, -0.25) is 0 Å². The molecule has 1 rings (SSSR count). The molecule has 1 aromatic heterocycles. The van der Waals surface area contributed by atoms with Gasteiger partial charge < -0.3 is 14.7 Å². The molecule has 124 valence electrons. The molecular weight excluding hydrogens is 295 g/mol. The Bertz CT molecular complexity index is 573. The van der Waals surface area contributed by atoms with E-state index in [1.165, 1.54) is 0 Å². The van der Waals surface area contributed by atoms with Crippen molar-refractivity contribution in [3.8, 4) is 5.88 Å². The SMILES string of the molecule is C=C(/C=C\C(=C)N(C)C)/C=C/c1ccc(OC(CO)CF)nc1. The van der Waals surface area contributed by atoms with Gasteiger partial charge in [-0.1, -0.05) is 31.4 Å². The monoisotopic (exact) mass is 318 g/mol. The number of allylic oxidation sites excluding steroid dienone is 4. The van der Waals surface area contributed by atoms with Crippen LogP contribution in [0.5, 0.6) is 5.88 Å². The Labute approximate surface area is 136 Å². The van der Waals surface area contributed by atoms with Gasteiger partial charge in [-0.15, -0.1) is 0 Å². The van der Waals surface area contributed by atoms with Crippen LogP contribution in [0.2, 0.25) is 0 Å². The summed E-state index contributed by atoms with van der Waals surface area (Å²) in [5.74, 6) is 0.278. The fraction of sp³-hybridized carbons (Fsp3) is 0.278. The van der Waals surface area contributed by atoms with Gasteiger partial charge in [0.05, 0.1) is 6.61 Å². The molecule has 1 N–H and O–H groups in total. The fourth-order valence-corrected chi connectivity index (χ4v) is 1.46. The molecule has 1 atom stereocenters. The molecule has 1 aromatic rings. The zero-order chi connectivity index (χ0) is 17.2. The molecule has 0 saturated heterocycles. The zero-order valence-electron chi connectivity index (χ0n) is 13.6. The Kier molecular flexibility index (Phi) is 7.77. The summed E-state index contributed by atoms with van der Waals surface area (Å²) in [6, 6.07) is 3.42. The van der Waals surface area contributed by atoms with Crippen LogP contribution in [0.25, 0.3) is 6.08 Å². The molecule has 1 heterocycles. The molecule has 0 aromatic carbocycles. The maximum absolute atomic E-state index is 12.5. The number of pyridine rings is 1. The maximum Gasteiger partial charge on any atom is 0.213 e. The first-order valence-corrected chi connectivity index (χ1v) is 7.17. The molecule has 0 fully saturated rings. The Balaban J connectivity index is 2.60. The molecule has 4 nitrogen and oxygen atoms in total. The molecule has 0 bridgehead atoms. The van der Waals surface area contributed by atoms with E-state index in [4.69, 9.17) is 9.84 Å². The van der Waals surface area contributed by atoms with Gasteiger partial charge in [0.25, 0.3) is 0 Å². The molecule has 1 unspecified atom stereocenters. The third-order valence-corrected chi connectivity index (χ3v) is 2.98. The number of alkyl halides is 1. The van der Waals surface area contributed by atoms with E-state index in [0.29, 0.717) is 0 Å². The van der Waals surface area contributed by atoms with Crippen molar-refractivity contribution in [1.29, 1.82) is 0 Å². The van der Waals surface area contributed by atoms with E-state index in [1.54, 1.807) is 18.3 Å². The predicted octanol–water partition coefficient (Wildman–Crippen LogP) is 2.99. The number of aliphatic hydroxyl groups excluding tert-OH is 1. The van der Waals surface area contributed by atoms with E-state index in [9.17, 15) is 4.39 Å². The van der Waals surface area contributed by atoms with E-state index < -0.39 is 12.8 Å². The van der Waals surface area contributed by atoms with E-state index in [0.717, 1.165) is 16.8 Å². The number of likely N-dealkylation sites (N-methyl/N-ethyl adjacent to an activating group) is 1. The number of nitrogens with zero attached hydrogens (tertiary/aromatic N) is 2. The number of halogens is 1. The Hall–Kier alpha value is -2.40. The second-order valence-corrected chi connectivity index (χ2v) is 5.13. The van der Waals surface area contributed by atoms with E-state index in [2.05, 4.69) is 18.1 Å². The van der Waals surface area contributed by atoms with E-state index >= 15 is 0 Å². The van der Waals surface area contributed by atoms with Crippen LogP contribution in [0, 0.1) is 0 Å². The highest BCUT2D eigenvalue weighted by Gasteiger charge is 2.08. The summed E-state index contributed by atoms with van der Waals surface area (Å²) >= 11 is 0. The summed E-state index contributed by atoms with van der Waals surface area (Å²) in [6.07, 6.45) is 8.20. The lowest BCUT2D eigenvalue weighted by molar-refractivity contribution is 0.0892. The van der Waals surface area contributed by atoms with Crippen LogP contribution < -0.4 is 4.74 Å². The average molecular weight is 318 g/mol. The Morgan fingerprint density at radius 2 is 2.09 bits per heavy atom. The second kappa shape index (κ2) is 9.58. The fourth-order valence-electron chi connectivity index (χ4n) is 1.46. The molecular formula is C18H23FN2O2. The van der Waals surface area contributed by atoms with Crippen LogP contribution in [-0.4, -0.2) is 48.5 Å². The largest absolute Gasteiger partial charge is 0.469 e. The highest BCUT2D eigenvalue weighted by atomic mass is 19.1. The van der Waals surface area contributed by atoms with Crippen LogP contribution >= 0.6 is 0 Å². The molecule has 0 amide bonds. The number of rotatable bonds is 9. The molecule has 0 spiro atoms. The van der Waals surface area contributed by atoms with Crippen molar-refractivity contribution >= 4 is 6.08 Å². The van der Waals surface area contributed by atoms with Crippen LogP contribution in [0.3, 0.4) is 0 Å². The number of hydrogen-bond donors (Lipinski definition) is 1. The number of hydrogen-bond acceptors (Lipinski definition) is 4. The normalized spacial score (nSPS) is 12.5. The van der Waals surface area contributed by atoms with Gasteiger partial charge in [-0.25, -0.2) is 9.37 Å². The smallest absolute Gasteiger partial charge is 0.213 e. The van der Waals surface area contributed by atoms with Gasteiger partial charge in [0.15, 0.2) is 6.10 Å². The summed E-state index contributed by atoms with van der Waals surface area (Å²) in [4.78, 5) is 5.98. The molecule has 0 saturated carbocycles. The highest BCUT2D eigenvalue weighted by molar-refractivity contribution is 5.53. The summed E-state index contributed by atoms with van der Waals surface area (Å²) in [5, 5.41) is 8.88. The van der Waals surface area contributed by atoms with Crippen LogP contribution in [0.4, 0.5) is 4.39 Å². The van der Waals surface area contributed by atoms with Gasteiger partial charge >= 0.3 is 0 Å². The Morgan fingerprint density at radius 3 is 2.61 bits per heavy atom. The highest BCUT2D eigenvalue weighted by Crippen LogP contribution is 2.12. The first-order chi connectivity index (χ1) is 11.0. The lowest BCUT2D eigenvalue weighted by atomic mass is 10.2. The average Bonchev–Trinajstić information content (AvgIpc) is 2.56. The topological polar surface area (TPSA) is 45.6 Å². The van der Waals surface area contributed by atoms with Crippen molar-refractivity contribution in [2.24, 2.45) is 0 Å². The minimum atomic E-state index is -0.876. The number of aromatic nitrogens is 1. The third-order valence-electron chi connectivity index (χ3n) is 2.98. The molecule has 0 aliphatic carbocycles. The molecule has 0 aliphatic heterocycles.